The number of nitrogens with one attached hydrogen (secondary N) is 1. The predicted molar refractivity (Wildman–Crippen MR) is 177 cm³/mol. The zero-order valence-electron chi connectivity index (χ0n) is 24.4. The van der Waals surface area contributed by atoms with Crippen LogP contribution in [0.4, 0.5) is 5.69 Å². The Morgan fingerprint density at radius 3 is 2.11 bits per heavy atom. The summed E-state index contributed by atoms with van der Waals surface area (Å²) in [5.41, 5.74) is 3.08. The molecule has 0 unspecified atom stereocenters. The maximum atomic E-state index is 14.4. The number of likely N-dealkylation sites (N-methyl/N-ethyl adjacent to an activating group) is 1. The monoisotopic (exact) mass is 671 g/mol. The van der Waals surface area contributed by atoms with Crippen molar-refractivity contribution in [2.45, 2.75) is 37.8 Å². The molecule has 1 atom stereocenters. The van der Waals surface area contributed by atoms with Gasteiger partial charge in [0, 0.05) is 35.1 Å². The zero-order valence-corrected chi connectivity index (χ0v) is 27.5. The molecule has 0 bridgehead atoms. The number of anilines is 1. The molecular weight excluding hydrogens is 641 g/mol. The third-order valence-electron chi connectivity index (χ3n) is 7.20. The Balaban J connectivity index is 1.84. The minimum Gasteiger partial charge on any atom is -0.357 e. The molecule has 0 fully saturated rings. The molecule has 0 aromatic heterocycles. The van der Waals surface area contributed by atoms with Crippen LogP contribution in [0.5, 0.6) is 0 Å². The first kappa shape index (κ1) is 33.3. The van der Waals surface area contributed by atoms with E-state index in [1.165, 1.54) is 30.1 Å². The molecule has 4 aromatic carbocycles. The van der Waals surface area contributed by atoms with Crippen molar-refractivity contribution >= 4 is 62.3 Å². The number of benzene rings is 4. The van der Waals surface area contributed by atoms with Crippen LogP contribution in [-0.2, 0) is 32.6 Å². The minimum atomic E-state index is -4.25. The Labute approximate surface area is 273 Å². The van der Waals surface area contributed by atoms with Gasteiger partial charge in [-0.2, -0.15) is 0 Å². The summed E-state index contributed by atoms with van der Waals surface area (Å²) >= 11 is 19.0. The maximum Gasteiger partial charge on any atom is 0.264 e. The van der Waals surface area contributed by atoms with E-state index in [4.69, 9.17) is 34.8 Å². The molecule has 2 amide bonds. The van der Waals surface area contributed by atoms with Gasteiger partial charge >= 0.3 is 0 Å². The Kier molecular flexibility index (Phi) is 11.0. The van der Waals surface area contributed by atoms with Gasteiger partial charge in [-0.1, -0.05) is 95.0 Å². The lowest BCUT2D eigenvalue weighted by Gasteiger charge is -2.34. The molecule has 0 aliphatic carbocycles. The second-order valence-corrected chi connectivity index (χ2v) is 13.5. The molecule has 4 rings (SSSR count). The van der Waals surface area contributed by atoms with E-state index in [2.05, 4.69) is 5.32 Å². The van der Waals surface area contributed by atoms with Crippen molar-refractivity contribution in [3.63, 3.8) is 0 Å². The highest BCUT2D eigenvalue weighted by Crippen LogP contribution is 2.31. The normalized spacial score (nSPS) is 12.0. The fourth-order valence-electron chi connectivity index (χ4n) is 4.76. The van der Waals surface area contributed by atoms with E-state index in [9.17, 15) is 18.0 Å². The Morgan fingerprint density at radius 2 is 1.48 bits per heavy atom. The summed E-state index contributed by atoms with van der Waals surface area (Å²) in [6, 6.07) is 24.4. The number of sulfonamides is 1. The lowest BCUT2D eigenvalue weighted by atomic mass is 10.0. The van der Waals surface area contributed by atoms with Gasteiger partial charge in [0.1, 0.15) is 12.6 Å². The summed E-state index contributed by atoms with van der Waals surface area (Å²) in [6.45, 7) is 2.91. The van der Waals surface area contributed by atoms with E-state index < -0.39 is 34.4 Å². The lowest BCUT2D eigenvalue weighted by molar-refractivity contribution is -0.139. The van der Waals surface area contributed by atoms with Crippen molar-refractivity contribution in [2.24, 2.45) is 0 Å². The summed E-state index contributed by atoms with van der Waals surface area (Å²) in [4.78, 5) is 29.2. The molecule has 0 saturated carbocycles. The highest BCUT2D eigenvalue weighted by molar-refractivity contribution is 7.92. The number of hydrogen-bond donors (Lipinski definition) is 1. The summed E-state index contributed by atoms with van der Waals surface area (Å²) in [7, 11) is -2.76. The van der Waals surface area contributed by atoms with E-state index in [1.54, 1.807) is 49.4 Å². The number of carbonyl (C=O) groups is 2. The smallest absolute Gasteiger partial charge is 0.264 e. The average Bonchev–Trinajstić information content (AvgIpc) is 3.00. The fraction of sp³-hybridized carbons (Fsp3) is 0.212. The van der Waals surface area contributed by atoms with Gasteiger partial charge in [-0.15, -0.1) is 0 Å². The number of rotatable bonds is 11. The third kappa shape index (κ3) is 7.93. The molecule has 0 saturated heterocycles. The van der Waals surface area contributed by atoms with Crippen molar-refractivity contribution < 1.29 is 18.0 Å². The van der Waals surface area contributed by atoms with E-state index in [0.717, 1.165) is 15.4 Å². The molecule has 0 heterocycles. The quantitative estimate of drug-likeness (QED) is 0.189. The maximum absolute atomic E-state index is 14.4. The Bertz CT molecular complexity index is 1750. The second-order valence-electron chi connectivity index (χ2n) is 10.3. The molecule has 1 N–H and O–H groups in total. The predicted octanol–water partition coefficient (Wildman–Crippen LogP) is 6.85. The van der Waals surface area contributed by atoms with Crippen LogP contribution < -0.4 is 9.62 Å². The molecular formula is C33H32Cl3N3O4S. The molecule has 11 heteroatoms. The number of nitrogens with zero attached hydrogens (tertiary/aromatic N) is 2. The van der Waals surface area contributed by atoms with Crippen LogP contribution in [0, 0.1) is 13.8 Å². The van der Waals surface area contributed by atoms with Crippen LogP contribution >= 0.6 is 34.8 Å². The number of hydrogen-bond acceptors (Lipinski definition) is 4. The van der Waals surface area contributed by atoms with Crippen LogP contribution in [0.3, 0.4) is 0 Å². The Hall–Kier alpha value is -3.56. The SMILES string of the molecule is CNC(=O)[C@@H](Cc1ccccc1)N(Cc1ccc(Cl)cc1Cl)C(=O)CN(c1cc(Cl)ccc1C)S(=O)(=O)c1ccc(C)cc1. The molecule has 0 radical (unpaired) electrons. The fourth-order valence-corrected chi connectivity index (χ4v) is 6.86. The molecule has 7 nitrogen and oxygen atoms in total. The van der Waals surface area contributed by atoms with Gasteiger partial charge < -0.3 is 10.2 Å². The van der Waals surface area contributed by atoms with Gasteiger partial charge in [-0.3, -0.25) is 13.9 Å². The van der Waals surface area contributed by atoms with Crippen molar-refractivity contribution in [1.29, 1.82) is 0 Å². The van der Waals surface area contributed by atoms with Crippen LogP contribution in [0.25, 0.3) is 0 Å². The van der Waals surface area contributed by atoms with Crippen LogP contribution in [-0.4, -0.2) is 44.8 Å². The number of carbonyl (C=O) groups excluding carboxylic acids is 2. The summed E-state index contributed by atoms with van der Waals surface area (Å²) in [5.74, 6) is -1.03. The van der Waals surface area contributed by atoms with E-state index >= 15 is 0 Å². The molecule has 0 aliphatic rings. The molecule has 230 valence electrons. The van der Waals surface area contributed by atoms with Crippen LogP contribution in [0.15, 0.2) is 95.9 Å². The van der Waals surface area contributed by atoms with Crippen molar-refractivity contribution in [2.75, 3.05) is 17.9 Å². The van der Waals surface area contributed by atoms with Gasteiger partial charge in [0.15, 0.2) is 0 Å². The van der Waals surface area contributed by atoms with Gasteiger partial charge in [0.05, 0.1) is 10.6 Å². The van der Waals surface area contributed by atoms with Gasteiger partial charge in [-0.05, 0) is 66.9 Å². The van der Waals surface area contributed by atoms with E-state index in [0.29, 0.717) is 26.2 Å². The standard InChI is InChI=1S/C33H32Cl3N3O4S/c1-22-9-15-28(16-10-22)44(42,43)39(30-19-27(35)13-11-23(30)2)21-32(40)38(20-25-12-14-26(34)18-29(25)36)31(33(41)37-3)17-24-7-5-4-6-8-24/h4-16,18-19,31H,17,20-21H2,1-3H3,(H,37,41)/t31-/m1/s1. The first-order valence-electron chi connectivity index (χ1n) is 13.7. The number of halogens is 3. The highest BCUT2D eigenvalue weighted by atomic mass is 35.5. The first-order valence-corrected chi connectivity index (χ1v) is 16.3. The van der Waals surface area contributed by atoms with Crippen LogP contribution in [0.2, 0.25) is 15.1 Å². The van der Waals surface area contributed by atoms with Crippen molar-refractivity contribution in [3.05, 3.63) is 128 Å². The number of aryl methyl sites for hydroxylation is 2. The third-order valence-corrected chi connectivity index (χ3v) is 9.80. The topological polar surface area (TPSA) is 86.8 Å². The summed E-state index contributed by atoms with van der Waals surface area (Å²) in [6.07, 6.45) is 0.179. The first-order chi connectivity index (χ1) is 20.9. The van der Waals surface area contributed by atoms with Gasteiger partial charge in [0.2, 0.25) is 11.8 Å². The summed E-state index contributed by atoms with van der Waals surface area (Å²) in [5, 5.41) is 3.68. The zero-order chi connectivity index (χ0) is 32.0. The van der Waals surface area contributed by atoms with E-state index in [-0.39, 0.29) is 23.5 Å². The lowest BCUT2D eigenvalue weighted by Crippen LogP contribution is -2.53. The number of amides is 2. The largest absolute Gasteiger partial charge is 0.357 e. The second kappa shape index (κ2) is 14.5. The molecule has 44 heavy (non-hydrogen) atoms. The highest BCUT2D eigenvalue weighted by Gasteiger charge is 2.35. The van der Waals surface area contributed by atoms with Crippen molar-refractivity contribution in [1.82, 2.24) is 10.2 Å². The Morgan fingerprint density at radius 1 is 0.841 bits per heavy atom. The van der Waals surface area contributed by atoms with Crippen LogP contribution in [0.1, 0.15) is 22.3 Å². The van der Waals surface area contributed by atoms with Gasteiger partial charge in [-0.25, -0.2) is 8.42 Å². The van der Waals surface area contributed by atoms with Gasteiger partial charge in [0.25, 0.3) is 10.0 Å². The van der Waals surface area contributed by atoms with E-state index in [1.807, 2.05) is 37.3 Å². The molecule has 0 spiro atoms. The van der Waals surface area contributed by atoms with Crippen molar-refractivity contribution in [3.8, 4) is 0 Å². The minimum absolute atomic E-state index is 0.00899. The summed E-state index contributed by atoms with van der Waals surface area (Å²) < 4.78 is 29.4. The molecule has 4 aromatic rings. The molecule has 0 aliphatic heterocycles. The average molecular weight is 673 g/mol.